The van der Waals surface area contributed by atoms with Crippen molar-refractivity contribution in [2.45, 2.75) is 50.9 Å². The summed E-state index contributed by atoms with van der Waals surface area (Å²) in [5, 5.41) is 0.757. The molecule has 1 unspecified atom stereocenters. The van der Waals surface area contributed by atoms with Crippen LogP contribution < -0.4 is 0 Å². The number of aromatic nitrogens is 1. The molecule has 2 fully saturated rings. The largest absolute Gasteiger partial charge is 0.343 e. The normalized spacial score (nSPS) is 20.5. The standard InChI is InChI=1S/C30H37Br2ClN4O2/c1-35(2)18-27(39)37-9-5-19(6-10-37)13-26(38)36-11-7-20(8-12-36)29-28-21(15-24(33)16-25(28)32)3-4-22-14-23(31)17-34-30(22)29/h14-17,19-20,29H,3-13,18H2,1-2H3. The molecule has 0 N–H and O–H groups in total. The number of halogens is 3. The van der Waals surface area contributed by atoms with E-state index >= 15 is 0 Å². The van der Waals surface area contributed by atoms with E-state index in [1.165, 1.54) is 22.4 Å². The second-order valence-corrected chi connectivity index (χ2v) is 13.8. The van der Waals surface area contributed by atoms with E-state index in [9.17, 15) is 9.59 Å². The lowest BCUT2D eigenvalue weighted by atomic mass is 9.76. The number of rotatable bonds is 5. The highest BCUT2D eigenvalue weighted by Gasteiger charge is 2.37. The van der Waals surface area contributed by atoms with Crippen LogP contribution in [0.4, 0.5) is 0 Å². The fourth-order valence-electron chi connectivity index (χ4n) is 6.65. The zero-order chi connectivity index (χ0) is 27.7. The van der Waals surface area contributed by atoms with Crippen molar-refractivity contribution in [2.24, 2.45) is 11.8 Å². The number of carbonyl (C=O) groups is 2. The Hall–Kier alpha value is -1.48. The molecular weight excluding hydrogens is 644 g/mol. The topological polar surface area (TPSA) is 56.8 Å². The molecule has 3 aliphatic rings. The SMILES string of the molecule is CN(C)CC(=O)N1CCC(CC(=O)N2CCC(C3c4ncc(Br)cc4CCc4cc(Cl)cc(Br)c43)CC2)CC1. The van der Waals surface area contributed by atoms with Crippen molar-refractivity contribution in [3.8, 4) is 0 Å². The molecule has 2 saturated heterocycles. The lowest BCUT2D eigenvalue weighted by Gasteiger charge is -2.38. The van der Waals surface area contributed by atoms with Crippen molar-refractivity contribution in [1.82, 2.24) is 19.7 Å². The molecule has 9 heteroatoms. The minimum Gasteiger partial charge on any atom is -0.343 e. The molecule has 2 amide bonds. The number of fused-ring (bicyclic) bond motifs is 2. The van der Waals surface area contributed by atoms with Crippen LogP contribution in [0.1, 0.15) is 60.4 Å². The van der Waals surface area contributed by atoms with Crippen LogP contribution in [0.3, 0.4) is 0 Å². The minimum atomic E-state index is 0.179. The van der Waals surface area contributed by atoms with E-state index in [1.807, 2.05) is 36.2 Å². The Morgan fingerprint density at radius 1 is 0.949 bits per heavy atom. The summed E-state index contributed by atoms with van der Waals surface area (Å²) in [6.07, 6.45) is 8.12. The van der Waals surface area contributed by atoms with Gasteiger partial charge in [-0.05, 0) is 115 Å². The fraction of sp³-hybridized carbons (Fsp3) is 0.567. The number of likely N-dealkylation sites (N-methyl/N-ethyl adjacent to an activating group) is 1. The Morgan fingerprint density at radius 3 is 2.28 bits per heavy atom. The van der Waals surface area contributed by atoms with Crippen LogP contribution in [0.15, 0.2) is 33.3 Å². The number of pyridine rings is 1. The summed E-state index contributed by atoms with van der Waals surface area (Å²) in [7, 11) is 3.84. The van der Waals surface area contributed by atoms with Crippen LogP contribution >= 0.6 is 43.5 Å². The molecule has 3 heterocycles. The monoisotopic (exact) mass is 678 g/mol. The van der Waals surface area contributed by atoms with Gasteiger partial charge in [0.1, 0.15) is 0 Å². The Bertz CT molecular complexity index is 1220. The van der Waals surface area contributed by atoms with Crippen molar-refractivity contribution in [3.05, 3.63) is 60.7 Å². The number of hydrogen-bond donors (Lipinski definition) is 0. The molecule has 6 nitrogen and oxygen atoms in total. The predicted octanol–water partition coefficient (Wildman–Crippen LogP) is 5.92. The Morgan fingerprint density at radius 2 is 1.59 bits per heavy atom. The van der Waals surface area contributed by atoms with Gasteiger partial charge in [0.25, 0.3) is 0 Å². The van der Waals surface area contributed by atoms with Gasteiger partial charge in [-0.2, -0.15) is 0 Å². The van der Waals surface area contributed by atoms with Gasteiger partial charge in [0.15, 0.2) is 0 Å². The molecule has 2 aromatic rings. The van der Waals surface area contributed by atoms with Gasteiger partial charge < -0.3 is 14.7 Å². The van der Waals surface area contributed by atoms with Crippen LogP contribution in [0.5, 0.6) is 0 Å². The number of amides is 2. The maximum absolute atomic E-state index is 13.3. The first-order valence-corrected chi connectivity index (χ1v) is 16.0. The van der Waals surface area contributed by atoms with Crippen LogP contribution in [0.25, 0.3) is 0 Å². The van der Waals surface area contributed by atoms with Crippen molar-refractivity contribution < 1.29 is 9.59 Å². The second-order valence-electron chi connectivity index (χ2n) is 11.6. The number of carbonyl (C=O) groups excluding carboxylic acids is 2. The van der Waals surface area contributed by atoms with E-state index in [0.29, 0.717) is 24.8 Å². The smallest absolute Gasteiger partial charge is 0.236 e. The van der Waals surface area contributed by atoms with E-state index < -0.39 is 0 Å². The Labute approximate surface area is 253 Å². The third-order valence-corrected chi connectivity index (χ3v) is 9.97. The van der Waals surface area contributed by atoms with Crippen LogP contribution in [-0.2, 0) is 22.4 Å². The van der Waals surface area contributed by atoms with Gasteiger partial charge in [-0.1, -0.05) is 27.5 Å². The summed E-state index contributed by atoms with van der Waals surface area (Å²) in [5.41, 5.74) is 5.07. The fourth-order valence-corrected chi connectivity index (χ4v) is 8.14. The predicted molar refractivity (Wildman–Crippen MR) is 162 cm³/mol. The Balaban J connectivity index is 1.24. The van der Waals surface area contributed by atoms with Crippen LogP contribution in [0, 0.1) is 11.8 Å². The van der Waals surface area contributed by atoms with E-state index in [0.717, 1.165) is 78.7 Å². The highest BCUT2D eigenvalue weighted by Crippen LogP contribution is 2.46. The number of benzene rings is 1. The summed E-state index contributed by atoms with van der Waals surface area (Å²) in [4.78, 5) is 36.5. The average Bonchev–Trinajstić information content (AvgIpc) is 3.05. The summed E-state index contributed by atoms with van der Waals surface area (Å²) < 4.78 is 2.07. The van der Waals surface area contributed by atoms with Crippen LogP contribution in [-0.4, -0.2) is 78.3 Å². The summed E-state index contributed by atoms with van der Waals surface area (Å²) >= 11 is 13.9. The van der Waals surface area contributed by atoms with E-state index in [4.69, 9.17) is 16.6 Å². The van der Waals surface area contributed by atoms with Gasteiger partial charge in [0.05, 0.1) is 12.2 Å². The highest BCUT2D eigenvalue weighted by atomic mass is 79.9. The molecule has 0 saturated carbocycles. The molecule has 0 radical (unpaired) electrons. The number of hydrogen-bond acceptors (Lipinski definition) is 4. The van der Waals surface area contributed by atoms with Crippen molar-refractivity contribution in [3.63, 3.8) is 0 Å². The third kappa shape index (κ3) is 6.71. The minimum absolute atomic E-state index is 0.179. The lowest BCUT2D eigenvalue weighted by molar-refractivity contribution is -0.135. The molecule has 2 aliphatic heterocycles. The van der Waals surface area contributed by atoms with Gasteiger partial charge in [0, 0.05) is 58.7 Å². The summed E-state index contributed by atoms with van der Waals surface area (Å²) in [6.45, 7) is 3.54. The molecule has 39 heavy (non-hydrogen) atoms. The van der Waals surface area contributed by atoms with Gasteiger partial charge in [-0.3, -0.25) is 14.6 Å². The van der Waals surface area contributed by atoms with Gasteiger partial charge in [-0.25, -0.2) is 0 Å². The summed E-state index contributed by atoms with van der Waals surface area (Å²) in [6, 6.07) is 6.34. The molecule has 1 aromatic carbocycles. The van der Waals surface area contributed by atoms with Gasteiger partial charge in [0.2, 0.25) is 11.8 Å². The third-order valence-electron chi connectivity index (χ3n) is 8.66. The first kappa shape index (κ1) is 29.0. The Kier molecular flexibility index (Phi) is 9.36. The molecular formula is C30H37Br2ClN4O2. The first-order valence-electron chi connectivity index (χ1n) is 14.0. The van der Waals surface area contributed by atoms with Crippen molar-refractivity contribution in [2.75, 3.05) is 46.8 Å². The number of piperidine rings is 2. The number of aryl methyl sites for hydroxylation is 2. The van der Waals surface area contributed by atoms with E-state index in [2.05, 4.69) is 48.9 Å². The van der Waals surface area contributed by atoms with Crippen molar-refractivity contribution >= 4 is 55.3 Å². The zero-order valence-corrected chi connectivity index (χ0v) is 26.7. The molecule has 5 rings (SSSR count). The second kappa shape index (κ2) is 12.6. The highest BCUT2D eigenvalue weighted by molar-refractivity contribution is 9.10. The number of nitrogens with zero attached hydrogens (tertiary/aromatic N) is 4. The van der Waals surface area contributed by atoms with Gasteiger partial charge >= 0.3 is 0 Å². The molecule has 1 atom stereocenters. The first-order chi connectivity index (χ1) is 18.7. The van der Waals surface area contributed by atoms with Crippen molar-refractivity contribution in [1.29, 1.82) is 0 Å². The van der Waals surface area contributed by atoms with Gasteiger partial charge in [-0.15, -0.1) is 0 Å². The molecule has 210 valence electrons. The average molecular weight is 681 g/mol. The molecule has 0 bridgehead atoms. The van der Waals surface area contributed by atoms with E-state index in [1.54, 1.807) is 0 Å². The maximum atomic E-state index is 13.3. The van der Waals surface area contributed by atoms with E-state index in [-0.39, 0.29) is 17.7 Å². The lowest BCUT2D eigenvalue weighted by Crippen LogP contribution is -2.44. The number of likely N-dealkylation sites (tertiary alicyclic amines) is 2. The molecule has 1 aromatic heterocycles. The quantitative estimate of drug-likeness (QED) is 0.394. The maximum Gasteiger partial charge on any atom is 0.236 e. The molecule has 0 spiro atoms. The zero-order valence-electron chi connectivity index (χ0n) is 22.8. The molecule has 1 aliphatic carbocycles. The van der Waals surface area contributed by atoms with Crippen LogP contribution in [0.2, 0.25) is 5.02 Å². The summed E-state index contributed by atoms with van der Waals surface area (Å²) in [5.74, 6) is 1.40.